The lowest BCUT2D eigenvalue weighted by atomic mass is 10.1. The third-order valence-electron chi connectivity index (χ3n) is 2.31. The van der Waals surface area contributed by atoms with Crippen LogP contribution in [0.2, 0.25) is 0 Å². The van der Waals surface area contributed by atoms with Crippen LogP contribution in [0.5, 0.6) is 0 Å². The lowest BCUT2D eigenvalue weighted by Gasteiger charge is -2.09. The molecule has 84 valence electrons. The molecule has 4 nitrogen and oxygen atoms in total. The molecule has 1 aromatic carbocycles. The van der Waals surface area contributed by atoms with Crippen molar-refractivity contribution < 1.29 is 19.1 Å². The average molecular weight is 220 g/mol. The molecule has 0 bridgehead atoms. The van der Waals surface area contributed by atoms with Gasteiger partial charge < -0.3 is 14.3 Å². The van der Waals surface area contributed by atoms with Gasteiger partial charge in [-0.05, 0) is 13.0 Å². The van der Waals surface area contributed by atoms with Crippen molar-refractivity contribution in [2.24, 2.45) is 0 Å². The summed E-state index contributed by atoms with van der Waals surface area (Å²) < 4.78 is 9.98. The van der Waals surface area contributed by atoms with E-state index in [1.54, 1.807) is 25.1 Å². The van der Waals surface area contributed by atoms with E-state index in [1.165, 1.54) is 6.26 Å². The van der Waals surface area contributed by atoms with Crippen molar-refractivity contribution in [3.8, 4) is 0 Å². The molecule has 0 aliphatic rings. The van der Waals surface area contributed by atoms with Gasteiger partial charge in [-0.15, -0.1) is 0 Å². The molecule has 0 fully saturated rings. The smallest absolute Gasteiger partial charge is 0.339 e. The van der Waals surface area contributed by atoms with Crippen LogP contribution in [-0.2, 0) is 9.53 Å². The number of carbonyl (C=O) groups excluding carboxylic acids is 1. The molecule has 1 N–H and O–H groups in total. The van der Waals surface area contributed by atoms with E-state index < -0.39 is 12.1 Å². The molecule has 16 heavy (non-hydrogen) atoms. The molecule has 2 aromatic rings. The van der Waals surface area contributed by atoms with Crippen molar-refractivity contribution in [1.29, 1.82) is 0 Å². The van der Waals surface area contributed by atoms with E-state index >= 15 is 0 Å². The van der Waals surface area contributed by atoms with Crippen molar-refractivity contribution in [3.05, 3.63) is 36.1 Å². The largest absolute Gasteiger partial charge is 0.464 e. The van der Waals surface area contributed by atoms with Gasteiger partial charge in [0.15, 0.2) is 6.10 Å². The van der Waals surface area contributed by atoms with Crippen LogP contribution in [0.25, 0.3) is 11.0 Å². The van der Waals surface area contributed by atoms with E-state index in [9.17, 15) is 9.90 Å². The number of hydrogen-bond donors (Lipinski definition) is 1. The normalized spacial score (nSPS) is 12.6. The van der Waals surface area contributed by atoms with Gasteiger partial charge in [-0.3, -0.25) is 0 Å². The number of hydrogen-bond acceptors (Lipinski definition) is 4. The van der Waals surface area contributed by atoms with E-state index in [1.807, 2.05) is 6.07 Å². The van der Waals surface area contributed by atoms with Crippen molar-refractivity contribution in [1.82, 2.24) is 0 Å². The highest BCUT2D eigenvalue weighted by molar-refractivity contribution is 5.86. The number of fused-ring (bicyclic) bond motifs is 1. The van der Waals surface area contributed by atoms with Crippen LogP contribution in [0.15, 0.2) is 34.9 Å². The van der Waals surface area contributed by atoms with Crippen LogP contribution >= 0.6 is 0 Å². The van der Waals surface area contributed by atoms with Gasteiger partial charge in [0, 0.05) is 10.9 Å². The van der Waals surface area contributed by atoms with Gasteiger partial charge in [0.2, 0.25) is 0 Å². The highest BCUT2D eigenvalue weighted by atomic mass is 16.5. The number of carbonyl (C=O) groups is 1. The highest BCUT2D eigenvalue weighted by Crippen LogP contribution is 2.25. The standard InChI is InChI=1S/C12H12O4/c1-2-15-12(14)10(13)9-5-3-4-8-6-7-16-11(8)9/h3-7,10,13H,2H2,1H3. The van der Waals surface area contributed by atoms with E-state index in [-0.39, 0.29) is 6.61 Å². The number of furan rings is 1. The van der Waals surface area contributed by atoms with Gasteiger partial charge in [0.05, 0.1) is 12.9 Å². The molecule has 1 aromatic heterocycles. The van der Waals surface area contributed by atoms with Gasteiger partial charge in [-0.1, -0.05) is 18.2 Å². The van der Waals surface area contributed by atoms with Gasteiger partial charge >= 0.3 is 5.97 Å². The monoisotopic (exact) mass is 220 g/mol. The minimum absolute atomic E-state index is 0.240. The highest BCUT2D eigenvalue weighted by Gasteiger charge is 2.21. The minimum Gasteiger partial charge on any atom is -0.464 e. The van der Waals surface area contributed by atoms with Crippen LogP contribution in [-0.4, -0.2) is 17.7 Å². The molecule has 1 unspecified atom stereocenters. The van der Waals surface area contributed by atoms with Crippen molar-refractivity contribution in [2.45, 2.75) is 13.0 Å². The summed E-state index contributed by atoms with van der Waals surface area (Å²) in [5.74, 6) is -0.661. The summed E-state index contributed by atoms with van der Waals surface area (Å²) in [6, 6.07) is 7.03. The molecule has 0 saturated carbocycles. The Kier molecular flexibility index (Phi) is 2.92. The Bertz CT molecular complexity index is 500. The Morgan fingerprint density at radius 3 is 3.06 bits per heavy atom. The Morgan fingerprint density at radius 1 is 1.50 bits per heavy atom. The fourth-order valence-electron chi connectivity index (χ4n) is 1.58. The first-order valence-corrected chi connectivity index (χ1v) is 5.05. The molecule has 0 aliphatic heterocycles. The van der Waals surface area contributed by atoms with E-state index in [0.29, 0.717) is 11.1 Å². The molecule has 0 saturated heterocycles. The number of aliphatic hydroxyl groups is 1. The molecule has 4 heteroatoms. The zero-order valence-corrected chi connectivity index (χ0v) is 8.84. The van der Waals surface area contributed by atoms with E-state index in [2.05, 4.69) is 0 Å². The molecule has 0 radical (unpaired) electrons. The second kappa shape index (κ2) is 4.37. The number of ether oxygens (including phenoxy) is 1. The van der Waals surface area contributed by atoms with E-state index in [4.69, 9.17) is 9.15 Å². The lowest BCUT2D eigenvalue weighted by molar-refractivity contribution is -0.153. The zero-order chi connectivity index (χ0) is 11.5. The summed E-state index contributed by atoms with van der Waals surface area (Å²) in [5.41, 5.74) is 0.948. The lowest BCUT2D eigenvalue weighted by Crippen LogP contribution is -2.15. The maximum atomic E-state index is 11.4. The van der Waals surface area contributed by atoms with Crippen LogP contribution in [0.4, 0.5) is 0 Å². The molecule has 0 aliphatic carbocycles. The average Bonchev–Trinajstić information content (AvgIpc) is 2.76. The zero-order valence-electron chi connectivity index (χ0n) is 8.84. The topological polar surface area (TPSA) is 59.7 Å². The summed E-state index contributed by atoms with van der Waals surface area (Å²) in [6.45, 7) is 1.93. The third-order valence-corrected chi connectivity index (χ3v) is 2.31. The number of esters is 1. The first-order valence-electron chi connectivity index (χ1n) is 5.05. The number of benzene rings is 1. The van der Waals surface area contributed by atoms with Gasteiger partial charge in [-0.2, -0.15) is 0 Å². The maximum absolute atomic E-state index is 11.4. The number of rotatable bonds is 3. The van der Waals surface area contributed by atoms with Crippen LogP contribution < -0.4 is 0 Å². The molecule has 0 amide bonds. The molecular formula is C12H12O4. The molecule has 0 spiro atoms. The number of para-hydroxylation sites is 1. The summed E-state index contributed by atoms with van der Waals surface area (Å²) in [4.78, 5) is 11.4. The summed E-state index contributed by atoms with van der Waals surface area (Å²) in [7, 11) is 0. The molecular weight excluding hydrogens is 208 g/mol. The Morgan fingerprint density at radius 2 is 2.31 bits per heavy atom. The van der Waals surface area contributed by atoms with Gasteiger partial charge in [-0.25, -0.2) is 4.79 Å². The minimum atomic E-state index is -1.30. The summed E-state index contributed by atoms with van der Waals surface area (Å²) in [6.07, 6.45) is 0.223. The fourth-order valence-corrected chi connectivity index (χ4v) is 1.58. The third kappa shape index (κ3) is 1.79. The van der Waals surface area contributed by atoms with Crippen molar-refractivity contribution in [2.75, 3.05) is 6.61 Å². The molecule has 2 rings (SSSR count). The van der Waals surface area contributed by atoms with Crippen LogP contribution in [0, 0.1) is 0 Å². The summed E-state index contributed by atoms with van der Waals surface area (Å²) >= 11 is 0. The van der Waals surface area contributed by atoms with Crippen molar-refractivity contribution in [3.63, 3.8) is 0 Å². The van der Waals surface area contributed by atoms with E-state index in [0.717, 1.165) is 5.39 Å². The molecule has 1 heterocycles. The van der Waals surface area contributed by atoms with Crippen molar-refractivity contribution >= 4 is 16.9 Å². The van der Waals surface area contributed by atoms with Gasteiger partial charge in [0.25, 0.3) is 0 Å². The fraction of sp³-hybridized carbons (Fsp3) is 0.250. The predicted octanol–water partition coefficient (Wildman–Crippen LogP) is 2.03. The quantitative estimate of drug-likeness (QED) is 0.804. The molecule has 1 atom stereocenters. The SMILES string of the molecule is CCOC(=O)C(O)c1cccc2ccoc12. The first kappa shape index (κ1) is 10.7. The summed E-state index contributed by atoms with van der Waals surface area (Å²) in [5, 5.41) is 10.6. The van der Waals surface area contributed by atoms with Gasteiger partial charge in [0.1, 0.15) is 5.58 Å². The first-order chi connectivity index (χ1) is 7.74. The maximum Gasteiger partial charge on any atom is 0.339 e. The van der Waals surface area contributed by atoms with Crippen LogP contribution in [0.3, 0.4) is 0 Å². The Hall–Kier alpha value is -1.81. The second-order valence-corrected chi connectivity index (χ2v) is 3.34. The number of aliphatic hydroxyl groups excluding tert-OH is 1. The Labute approximate surface area is 92.4 Å². The predicted molar refractivity (Wildman–Crippen MR) is 57.8 cm³/mol. The van der Waals surface area contributed by atoms with Crippen LogP contribution in [0.1, 0.15) is 18.6 Å². The Balaban J connectivity index is 2.39. The second-order valence-electron chi connectivity index (χ2n) is 3.34.